The molecular weight excluding hydrogens is 400 g/mol. The fourth-order valence-corrected chi connectivity index (χ4v) is 4.58. The fraction of sp³-hybridized carbons (Fsp3) is 0.273. The van der Waals surface area contributed by atoms with Crippen molar-refractivity contribution >= 4 is 23.4 Å². The van der Waals surface area contributed by atoms with Crippen molar-refractivity contribution in [1.82, 2.24) is 14.3 Å². The Labute approximate surface area is 177 Å². The van der Waals surface area contributed by atoms with Gasteiger partial charge in [-0.3, -0.25) is 14.0 Å². The van der Waals surface area contributed by atoms with Crippen LogP contribution in [-0.2, 0) is 16.6 Å². The lowest BCUT2D eigenvalue weighted by Crippen LogP contribution is -2.39. The summed E-state index contributed by atoms with van der Waals surface area (Å²) in [5.41, 5.74) is 3.43. The third-order valence-corrected chi connectivity index (χ3v) is 6.18. The van der Waals surface area contributed by atoms with E-state index in [1.807, 2.05) is 50.4 Å². The molecule has 0 saturated carbocycles. The molecule has 0 spiro atoms. The number of hydrogen-bond acceptors (Lipinski definition) is 6. The molecule has 3 aromatic rings. The van der Waals surface area contributed by atoms with E-state index in [1.165, 1.54) is 11.3 Å². The Morgan fingerprint density at radius 1 is 1.27 bits per heavy atom. The number of carbonyl (C=O) groups is 1. The van der Waals surface area contributed by atoms with Crippen LogP contribution in [0.3, 0.4) is 0 Å². The standard InChI is InChI=1S/C22H22N4O3S/c1-5-29-21(28)18-13(2)24-22-26(19(18)15-9-7-6-8-10-15)20(27)17(30-22)11-16-12-23-25(4)14(16)3/h6-12,19H,5H2,1-4H3/t19-/m1/s1. The Morgan fingerprint density at radius 3 is 2.63 bits per heavy atom. The van der Waals surface area contributed by atoms with Crippen LogP contribution in [0.25, 0.3) is 6.08 Å². The van der Waals surface area contributed by atoms with E-state index < -0.39 is 12.0 Å². The zero-order valence-corrected chi connectivity index (χ0v) is 18.1. The number of benzene rings is 1. The lowest BCUT2D eigenvalue weighted by molar-refractivity contribution is -0.139. The second-order valence-corrected chi connectivity index (χ2v) is 8.03. The second kappa shape index (κ2) is 7.87. The van der Waals surface area contributed by atoms with Gasteiger partial charge in [-0.25, -0.2) is 9.79 Å². The molecule has 154 valence electrons. The number of aryl methyl sites for hydroxylation is 1. The number of rotatable bonds is 4. The van der Waals surface area contributed by atoms with Gasteiger partial charge in [0.25, 0.3) is 5.56 Å². The molecule has 7 nitrogen and oxygen atoms in total. The lowest BCUT2D eigenvalue weighted by Gasteiger charge is -2.24. The Kier molecular flexibility index (Phi) is 5.26. The van der Waals surface area contributed by atoms with Gasteiger partial charge >= 0.3 is 5.97 Å². The summed E-state index contributed by atoms with van der Waals surface area (Å²) in [5, 5.41) is 4.24. The van der Waals surface area contributed by atoms with E-state index in [0.717, 1.165) is 16.8 Å². The molecule has 0 bridgehead atoms. The van der Waals surface area contributed by atoms with Gasteiger partial charge in [0.15, 0.2) is 4.80 Å². The van der Waals surface area contributed by atoms with Crippen LogP contribution in [0.4, 0.5) is 0 Å². The summed E-state index contributed by atoms with van der Waals surface area (Å²) < 4.78 is 9.19. The first kappa shape index (κ1) is 20.0. The van der Waals surface area contributed by atoms with Gasteiger partial charge < -0.3 is 4.74 Å². The molecule has 8 heteroatoms. The van der Waals surface area contributed by atoms with E-state index in [1.54, 1.807) is 29.3 Å². The predicted octanol–water partition coefficient (Wildman–Crippen LogP) is 1.84. The van der Waals surface area contributed by atoms with Crippen LogP contribution < -0.4 is 14.9 Å². The summed E-state index contributed by atoms with van der Waals surface area (Å²) in [6.45, 7) is 5.74. The van der Waals surface area contributed by atoms with Crippen LogP contribution in [0.1, 0.15) is 36.7 Å². The van der Waals surface area contributed by atoms with E-state index in [-0.39, 0.29) is 12.2 Å². The first-order chi connectivity index (χ1) is 14.4. The quantitative estimate of drug-likeness (QED) is 0.601. The second-order valence-electron chi connectivity index (χ2n) is 7.02. The molecule has 1 aromatic carbocycles. The van der Waals surface area contributed by atoms with Crippen LogP contribution in [0.15, 0.2) is 57.6 Å². The van der Waals surface area contributed by atoms with Gasteiger partial charge in [-0.05, 0) is 32.4 Å². The van der Waals surface area contributed by atoms with Crippen LogP contribution in [-0.4, -0.2) is 26.9 Å². The van der Waals surface area contributed by atoms with E-state index in [2.05, 4.69) is 10.1 Å². The van der Waals surface area contributed by atoms with Crippen LogP contribution in [0.2, 0.25) is 0 Å². The molecule has 0 aliphatic carbocycles. The zero-order chi connectivity index (χ0) is 21.4. The number of esters is 1. The van der Waals surface area contributed by atoms with Gasteiger partial charge in [-0.15, -0.1) is 0 Å². The summed E-state index contributed by atoms with van der Waals surface area (Å²) in [6, 6.07) is 8.92. The minimum atomic E-state index is -0.585. The highest BCUT2D eigenvalue weighted by molar-refractivity contribution is 7.07. The Morgan fingerprint density at radius 2 is 2.00 bits per heavy atom. The van der Waals surface area contributed by atoms with Gasteiger partial charge in [0.05, 0.1) is 34.6 Å². The molecule has 3 heterocycles. The summed E-state index contributed by atoms with van der Waals surface area (Å²) in [6.07, 6.45) is 3.56. The van der Waals surface area contributed by atoms with Crippen molar-refractivity contribution in [3.63, 3.8) is 0 Å². The molecule has 1 aliphatic rings. The Bertz CT molecular complexity index is 1330. The summed E-state index contributed by atoms with van der Waals surface area (Å²) in [7, 11) is 1.86. The van der Waals surface area contributed by atoms with E-state index in [0.29, 0.717) is 20.6 Å². The number of carbonyl (C=O) groups excluding carboxylic acids is 1. The predicted molar refractivity (Wildman–Crippen MR) is 115 cm³/mol. The highest BCUT2D eigenvalue weighted by Crippen LogP contribution is 2.30. The van der Waals surface area contributed by atoms with Gasteiger partial charge in [-0.1, -0.05) is 41.7 Å². The van der Waals surface area contributed by atoms with Crippen molar-refractivity contribution in [2.75, 3.05) is 6.61 Å². The number of hydrogen-bond donors (Lipinski definition) is 0. The molecule has 30 heavy (non-hydrogen) atoms. The minimum absolute atomic E-state index is 0.190. The molecule has 0 radical (unpaired) electrons. The highest BCUT2D eigenvalue weighted by atomic mass is 32.1. The Hall–Kier alpha value is -3.26. The smallest absolute Gasteiger partial charge is 0.338 e. The number of fused-ring (bicyclic) bond motifs is 1. The number of nitrogens with zero attached hydrogens (tertiary/aromatic N) is 4. The number of thiazole rings is 1. The molecule has 1 aliphatic heterocycles. The van der Waals surface area contributed by atoms with E-state index in [9.17, 15) is 9.59 Å². The van der Waals surface area contributed by atoms with Crippen molar-refractivity contribution in [1.29, 1.82) is 0 Å². The van der Waals surface area contributed by atoms with Gasteiger partial charge in [0.1, 0.15) is 0 Å². The van der Waals surface area contributed by atoms with Crippen LogP contribution in [0, 0.1) is 6.92 Å². The van der Waals surface area contributed by atoms with Crippen molar-refractivity contribution in [3.8, 4) is 0 Å². The largest absolute Gasteiger partial charge is 0.463 e. The fourth-order valence-electron chi connectivity index (χ4n) is 3.54. The molecule has 0 N–H and O–H groups in total. The highest BCUT2D eigenvalue weighted by Gasteiger charge is 2.33. The maximum Gasteiger partial charge on any atom is 0.338 e. The maximum absolute atomic E-state index is 13.4. The van der Waals surface area contributed by atoms with E-state index in [4.69, 9.17) is 4.74 Å². The minimum Gasteiger partial charge on any atom is -0.463 e. The molecule has 2 aromatic heterocycles. The van der Waals surface area contributed by atoms with Crippen LogP contribution in [0.5, 0.6) is 0 Å². The molecule has 0 amide bonds. The van der Waals surface area contributed by atoms with Crippen molar-refractivity contribution in [3.05, 3.63) is 84.3 Å². The molecule has 0 fully saturated rings. The SMILES string of the molecule is CCOC(=O)C1=C(C)N=c2sc(=Cc3cnn(C)c3C)c(=O)n2[C@@H]1c1ccccc1. The summed E-state index contributed by atoms with van der Waals surface area (Å²) in [5.74, 6) is -0.454. The number of allylic oxidation sites excluding steroid dienone is 1. The summed E-state index contributed by atoms with van der Waals surface area (Å²) >= 11 is 1.31. The molecular formula is C22H22N4O3S. The summed E-state index contributed by atoms with van der Waals surface area (Å²) in [4.78, 5) is 31.4. The van der Waals surface area contributed by atoms with E-state index >= 15 is 0 Å². The first-order valence-electron chi connectivity index (χ1n) is 9.65. The van der Waals surface area contributed by atoms with Crippen LogP contribution >= 0.6 is 11.3 Å². The van der Waals surface area contributed by atoms with Gasteiger partial charge in [-0.2, -0.15) is 5.10 Å². The topological polar surface area (TPSA) is 78.5 Å². The first-order valence-corrected chi connectivity index (χ1v) is 10.5. The average Bonchev–Trinajstić information content (AvgIpc) is 3.21. The molecule has 4 rings (SSSR count). The third kappa shape index (κ3) is 3.33. The monoisotopic (exact) mass is 422 g/mol. The van der Waals surface area contributed by atoms with Crippen molar-refractivity contribution in [2.24, 2.45) is 12.0 Å². The molecule has 0 saturated heterocycles. The molecule has 0 unspecified atom stereocenters. The number of aromatic nitrogens is 3. The number of ether oxygens (including phenoxy) is 1. The zero-order valence-electron chi connectivity index (χ0n) is 17.2. The normalized spacial score (nSPS) is 16.4. The van der Waals surface area contributed by atoms with Crippen molar-refractivity contribution in [2.45, 2.75) is 26.8 Å². The molecule has 1 atom stereocenters. The maximum atomic E-state index is 13.4. The van der Waals surface area contributed by atoms with Gasteiger partial charge in [0, 0.05) is 18.3 Å². The average molecular weight is 423 g/mol. The third-order valence-electron chi connectivity index (χ3n) is 5.19. The van der Waals surface area contributed by atoms with Gasteiger partial charge in [0.2, 0.25) is 0 Å². The Balaban J connectivity index is 1.97. The van der Waals surface area contributed by atoms with Crippen molar-refractivity contribution < 1.29 is 9.53 Å². The lowest BCUT2D eigenvalue weighted by atomic mass is 9.96.